The van der Waals surface area contributed by atoms with Crippen molar-refractivity contribution in [3.05, 3.63) is 52.7 Å². The smallest absolute Gasteiger partial charge is 0.268 e. The first-order valence-electron chi connectivity index (χ1n) is 7.92. The molecule has 0 fully saturated rings. The lowest BCUT2D eigenvalue weighted by atomic mass is 10.2. The fourth-order valence-corrected chi connectivity index (χ4v) is 3.12. The van der Waals surface area contributed by atoms with E-state index in [4.69, 9.17) is 9.26 Å². The first-order valence-corrected chi connectivity index (χ1v) is 8.74. The van der Waals surface area contributed by atoms with Crippen molar-refractivity contribution in [2.45, 2.75) is 26.3 Å². The van der Waals surface area contributed by atoms with Crippen LogP contribution in [-0.4, -0.2) is 23.2 Å². The number of nitrogens with zero attached hydrogens (tertiary/aromatic N) is 2. The molecule has 0 bridgehead atoms. The second-order valence-electron chi connectivity index (χ2n) is 5.76. The molecule has 0 atom stereocenters. The number of methoxy groups -OCH3 is 1. The molecule has 3 rings (SSSR count). The van der Waals surface area contributed by atoms with Gasteiger partial charge in [0.05, 0.1) is 24.1 Å². The Balaban J connectivity index is 1.66. The van der Waals surface area contributed by atoms with Gasteiger partial charge in [-0.05, 0) is 24.3 Å². The van der Waals surface area contributed by atoms with Gasteiger partial charge in [0.1, 0.15) is 5.75 Å². The molecule has 1 N–H and O–H groups in total. The molecule has 0 saturated heterocycles. The van der Waals surface area contributed by atoms with E-state index in [1.807, 2.05) is 38.1 Å². The number of amides is 1. The second kappa shape index (κ2) is 7.48. The Hall–Kier alpha value is -2.67. The SMILES string of the molecule is COc1ccccc1C(=O)NCc1ccc(-c2nc(C(C)C)no2)s1. The minimum absolute atomic E-state index is 0.174. The van der Waals surface area contributed by atoms with Gasteiger partial charge in [-0.1, -0.05) is 31.1 Å². The molecule has 1 amide bonds. The lowest BCUT2D eigenvalue weighted by Gasteiger charge is -2.08. The Labute approximate surface area is 149 Å². The van der Waals surface area contributed by atoms with E-state index in [0.717, 1.165) is 9.75 Å². The summed E-state index contributed by atoms with van der Waals surface area (Å²) in [6, 6.07) is 11.0. The summed E-state index contributed by atoms with van der Waals surface area (Å²) in [5.41, 5.74) is 0.514. The Bertz CT molecular complexity index is 870. The number of ether oxygens (including phenoxy) is 1. The molecule has 0 unspecified atom stereocenters. The normalized spacial score (nSPS) is 10.9. The molecule has 0 aliphatic rings. The maximum atomic E-state index is 12.3. The molecule has 0 spiro atoms. The molecule has 2 heterocycles. The summed E-state index contributed by atoms with van der Waals surface area (Å²) in [4.78, 5) is 18.6. The van der Waals surface area contributed by atoms with Crippen molar-refractivity contribution in [2.24, 2.45) is 0 Å². The van der Waals surface area contributed by atoms with Crippen LogP contribution >= 0.6 is 11.3 Å². The van der Waals surface area contributed by atoms with Crippen molar-refractivity contribution >= 4 is 17.2 Å². The Kier molecular flexibility index (Phi) is 5.14. The Morgan fingerprint density at radius 3 is 2.80 bits per heavy atom. The highest BCUT2D eigenvalue weighted by Gasteiger charge is 2.15. The van der Waals surface area contributed by atoms with E-state index in [-0.39, 0.29) is 11.8 Å². The second-order valence-corrected chi connectivity index (χ2v) is 6.93. The topological polar surface area (TPSA) is 77.2 Å². The van der Waals surface area contributed by atoms with Crippen molar-refractivity contribution in [2.75, 3.05) is 7.11 Å². The van der Waals surface area contributed by atoms with Crippen LogP contribution in [0.3, 0.4) is 0 Å². The van der Waals surface area contributed by atoms with Gasteiger partial charge >= 0.3 is 0 Å². The summed E-state index contributed by atoms with van der Waals surface area (Å²) in [6.07, 6.45) is 0. The average Bonchev–Trinajstić information content (AvgIpc) is 3.28. The molecule has 0 aliphatic heterocycles. The number of hydrogen-bond donors (Lipinski definition) is 1. The quantitative estimate of drug-likeness (QED) is 0.725. The van der Waals surface area contributed by atoms with Crippen LogP contribution in [-0.2, 0) is 6.54 Å². The van der Waals surface area contributed by atoms with Gasteiger partial charge in [-0.2, -0.15) is 4.98 Å². The molecule has 0 saturated carbocycles. The number of carbonyl (C=O) groups is 1. The molecule has 130 valence electrons. The number of aromatic nitrogens is 2. The summed E-state index contributed by atoms with van der Waals surface area (Å²) in [5.74, 6) is 1.80. The number of para-hydroxylation sites is 1. The van der Waals surface area contributed by atoms with Gasteiger partial charge in [0.15, 0.2) is 5.82 Å². The van der Waals surface area contributed by atoms with E-state index >= 15 is 0 Å². The van der Waals surface area contributed by atoms with Gasteiger partial charge in [0, 0.05) is 10.8 Å². The molecule has 1 aromatic carbocycles. The molecule has 6 nitrogen and oxygen atoms in total. The monoisotopic (exact) mass is 357 g/mol. The van der Waals surface area contributed by atoms with Gasteiger partial charge in [0.2, 0.25) is 0 Å². The summed E-state index contributed by atoms with van der Waals surface area (Å²) < 4.78 is 10.5. The molecule has 25 heavy (non-hydrogen) atoms. The third-order valence-corrected chi connectivity index (χ3v) is 4.68. The van der Waals surface area contributed by atoms with Crippen molar-refractivity contribution in [1.82, 2.24) is 15.5 Å². The van der Waals surface area contributed by atoms with E-state index in [0.29, 0.717) is 29.6 Å². The predicted molar refractivity (Wildman–Crippen MR) is 95.9 cm³/mol. The van der Waals surface area contributed by atoms with Gasteiger partial charge < -0.3 is 14.6 Å². The molecule has 7 heteroatoms. The number of carbonyl (C=O) groups excluding carboxylic acids is 1. The largest absolute Gasteiger partial charge is 0.496 e. The first-order chi connectivity index (χ1) is 12.1. The number of hydrogen-bond acceptors (Lipinski definition) is 6. The molecule has 3 aromatic rings. The highest BCUT2D eigenvalue weighted by Crippen LogP contribution is 2.28. The molecular weight excluding hydrogens is 338 g/mol. The van der Waals surface area contributed by atoms with Gasteiger partial charge in [-0.15, -0.1) is 11.3 Å². The fraction of sp³-hybridized carbons (Fsp3) is 0.278. The minimum atomic E-state index is -0.174. The van der Waals surface area contributed by atoms with E-state index in [1.165, 1.54) is 11.3 Å². The number of nitrogens with one attached hydrogen (secondary N) is 1. The van der Waals surface area contributed by atoms with Crippen LogP contribution < -0.4 is 10.1 Å². The zero-order chi connectivity index (χ0) is 17.8. The van der Waals surface area contributed by atoms with Crippen molar-refractivity contribution < 1.29 is 14.1 Å². The number of benzene rings is 1. The lowest BCUT2D eigenvalue weighted by molar-refractivity contribution is 0.0948. The highest BCUT2D eigenvalue weighted by atomic mass is 32.1. The fourth-order valence-electron chi connectivity index (χ4n) is 2.25. The maximum Gasteiger partial charge on any atom is 0.268 e. The molecule has 0 radical (unpaired) electrons. The van der Waals surface area contributed by atoms with Crippen LogP contribution in [0.4, 0.5) is 0 Å². The predicted octanol–water partition coefficient (Wildman–Crippen LogP) is 3.86. The highest BCUT2D eigenvalue weighted by molar-refractivity contribution is 7.15. The third kappa shape index (κ3) is 3.88. The summed E-state index contributed by atoms with van der Waals surface area (Å²) in [5, 5.41) is 6.87. The van der Waals surface area contributed by atoms with Crippen molar-refractivity contribution in [3.8, 4) is 16.5 Å². The van der Waals surface area contributed by atoms with Crippen LogP contribution in [0.1, 0.15) is 40.8 Å². The van der Waals surface area contributed by atoms with E-state index in [2.05, 4.69) is 15.5 Å². The lowest BCUT2D eigenvalue weighted by Crippen LogP contribution is -2.22. The molecular formula is C18H19N3O3S. The van der Waals surface area contributed by atoms with E-state index in [1.54, 1.807) is 19.2 Å². The molecule has 0 aliphatic carbocycles. The van der Waals surface area contributed by atoms with Crippen LogP contribution in [0.2, 0.25) is 0 Å². The number of rotatable bonds is 6. The zero-order valence-electron chi connectivity index (χ0n) is 14.3. The van der Waals surface area contributed by atoms with Crippen LogP contribution in [0.5, 0.6) is 5.75 Å². The van der Waals surface area contributed by atoms with E-state index in [9.17, 15) is 4.79 Å². The van der Waals surface area contributed by atoms with Crippen LogP contribution in [0.15, 0.2) is 40.9 Å². The average molecular weight is 357 g/mol. The zero-order valence-corrected chi connectivity index (χ0v) is 15.1. The van der Waals surface area contributed by atoms with Crippen molar-refractivity contribution in [3.63, 3.8) is 0 Å². The Morgan fingerprint density at radius 2 is 2.08 bits per heavy atom. The standard InChI is InChI=1S/C18H19N3O3S/c1-11(2)16-20-18(24-21-16)15-9-8-12(25-15)10-19-17(22)13-6-4-5-7-14(13)23-3/h4-9,11H,10H2,1-3H3,(H,19,22). The summed E-state index contributed by atoms with van der Waals surface area (Å²) in [6.45, 7) is 4.45. The first kappa shape index (κ1) is 17.2. The maximum absolute atomic E-state index is 12.3. The number of thiophene rings is 1. The summed E-state index contributed by atoms with van der Waals surface area (Å²) >= 11 is 1.52. The summed E-state index contributed by atoms with van der Waals surface area (Å²) in [7, 11) is 1.55. The Morgan fingerprint density at radius 1 is 1.28 bits per heavy atom. The van der Waals surface area contributed by atoms with Crippen molar-refractivity contribution in [1.29, 1.82) is 0 Å². The minimum Gasteiger partial charge on any atom is -0.496 e. The van der Waals surface area contributed by atoms with Gasteiger partial charge in [-0.25, -0.2) is 0 Å². The third-order valence-electron chi connectivity index (χ3n) is 3.61. The van der Waals surface area contributed by atoms with Crippen LogP contribution in [0.25, 0.3) is 10.8 Å². The van der Waals surface area contributed by atoms with Gasteiger partial charge in [-0.3, -0.25) is 4.79 Å². The van der Waals surface area contributed by atoms with Crippen LogP contribution in [0, 0.1) is 0 Å². The van der Waals surface area contributed by atoms with E-state index < -0.39 is 0 Å². The van der Waals surface area contributed by atoms with Gasteiger partial charge in [0.25, 0.3) is 11.8 Å². The molecule has 2 aromatic heterocycles.